The van der Waals surface area contributed by atoms with Gasteiger partial charge in [-0.2, -0.15) is 0 Å². The van der Waals surface area contributed by atoms with Gasteiger partial charge in [-0.1, -0.05) is 24.3 Å². The third kappa shape index (κ3) is 3.09. The minimum atomic E-state index is -0.369. The molecular weight excluding hydrogens is 366 g/mol. The summed E-state index contributed by atoms with van der Waals surface area (Å²) in [5.74, 6) is 0.709. The second-order valence-electron chi connectivity index (χ2n) is 8.13. The average Bonchev–Trinajstić information content (AvgIpc) is 3.44. The first-order valence-corrected chi connectivity index (χ1v) is 10.2. The number of nitro groups is 1. The lowest BCUT2D eigenvalue weighted by Gasteiger charge is -2.37. The summed E-state index contributed by atoms with van der Waals surface area (Å²) in [6, 6.07) is 12.9. The Bertz CT molecular complexity index is 993. The summed E-state index contributed by atoms with van der Waals surface area (Å²) in [6.45, 7) is 1.70. The van der Waals surface area contributed by atoms with Crippen LogP contribution in [0.2, 0.25) is 0 Å². The average molecular weight is 389 g/mol. The molecule has 2 heterocycles. The van der Waals surface area contributed by atoms with Crippen LogP contribution in [0.1, 0.15) is 52.7 Å². The lowest BCUT2D eigenvalue weighted by atomic mass is 9.76. The normalized spacial score (nSPS) is 24.7. The number of nitro benzene ring substituents is 1. The lowest BCUT2D eigenvalue weighted by Crippen LogP contribution is -2.30. The summed E-state index contributed by atoms with van der Waals surface area (Å²) < 4.78 is 0. The van der Waals surface area contributed by atoms with Gasteiger partial charge in [-0.05, 0) is 54.5 Å². The summed E-state index contributed by atoms with van der Waals surface area (Å²) in [5, 5.41) is 14.6. The molecule has 0 unspecified atom stereocenters. The van der Waals surface area contributed by atoms with Gasteiger partial charge in [0.2, 0.25) is 0 Å². The molecule has 6 heteroatoms. The Kier molecular flexibility index (Phi) is 4.34. The number of fused-ring (bicyclic) bond motifs is 3. The summed E-state index contributed by atoms with van der Waals surface area (Å²) in [6.07, 6.45) is 7.57. The van der Waals surface area contributed by atoms with E-state index in [2.05, 4.69) is 23.5 Å². The standard InChI is InChI=1S/C23H23N3O3/c27-23(25-12-1-2-13-25)16-8-11-21-20(14-16)18-4-3-5-19(18)22(24-21)15-6-9-17(10-7-15)26(28)29/h3-4,6-11,14,18-19,22,24H,1-2,5,12-13H2/t18-,19-,22+/m0/s1. The topological polar surface area (TPSA) is 75.5 Å². The fourth-order valence-electron chi connectivity index (χ4n) is 4.96. The SMILES string of the molecule is O=C(c1ccc2c(c1)[C@H]1C=CC[C@@H]1[C@@H](c1ccc([N+](=O)[O-])cc1)N2)N1CCCC1. The molecule has 29 heavy (non-hydrogen) atoms. The minimum absolute atomic E-state index is 0.0865. The van der Waals surface area contributed by atoms with E-state index in [0.717, 1.165) is 49.2 Å². The number of amides is 1. The number of allylic oxidation sites excluding steroid dienone is 2. The molecule has 0 saturated carbocycles. The van der Waals surface area contributed by atoms with Crippen molar-refractivity contribution in [3.8, 4) is 0 Å². The maximum Gasteiger partial charge on any atom is 0.269 e. The number of carbonyl (C=O) groups excluding carboxylic acids is 1. The smallest absolute Gasteiger partial charge is 0.269 e. The number of hydrogen-bond donors (Lipinski definition) is 1. The highest BCUT2D eigenvalue weighted by molar-refractivity contribution is 5.95. The van der Waals surface area contributed by atoms with Crippen molar-refractivity contribution < 1.29 is 9.72 Å². The van der Waals surface area contributed by atoms with Crippen LogP contribution >= 0.6 is 0 Å². The zero-order chi connectivity index (χ0) is 20.0. The van der Waals surface area contributed by atoms with Crippen LogP contribution in [-0.4, -0.2) is 28.8 Å². The summed E-state index contributed by atoms with van der Waals surface area (Å²) in [7, 11) is 0. The van der Waals surface area contributed by atoms with Crippen LogP contribution in [0, 0.1) is 16.0 Å². The fourth-order valence-corrected chi connectivity index (χ4v) is 4.96. The van der Waals surface area contributed by atoms with Crippen LogP contribution in [-0.2, 0) is 0 Å². The number of nitrogens with zero attached hydrogens (tertiary/aromatic N) is 2. The first kappa shape index (κ1) is 17.9. The molecule has 3 atom stereocenters. The molecule has 1 amide bonds. The van der Waals surface area contributed by atoms with Gasteiger partial charge in [0.25, 0.3) is 11.6 Å². The van der Waals surface area contributed by atoms with Gasteiger partial charge in [0.1, 0.15) is 0 Å². The molecule has 0 aromatic heterocycles. The Hall–Kier alpha value is -3.15. The second kappa shape index (κ2) is 7.03. The maximum absolute atomic E-state index is 12.8. The van der Waals surface area contributed by atoms with E-state index in [1.807, 2.05) is 29.2 Å². The highest BCUT2D eigenvalue weighted by atomic mass is 16.6. The Morgan fingerprint density at radius 1 is 1.10 bits per heavy atom. The molecule has 0 bridgehead atoms. The van der Waals surface area contributed by atoms with Gasteiger partial charge in [0.15, 0.2) is 0 Å². The summed E-state index contributed by atoms with van der Waals surface area (Å²) in [5.41, 5.74) is 4.14. The van der Waals surface area contributed by atoms with Crippen molar-refractivity contribution in [3.05, 3.63) is 81.4 Å². The third-order valence-electron chi connectivity index (χ3n) is 6.47. The number of carbonyl (C=O) groups is 1. The number of rotatable bonds is 3. The molecule has 2 aromatic rings. The van der Waals surface area contributed by atoms with Gasteiger partial charge in [-0.15, -0.1) is 0 Å². The van der Waals surface area contributed by atoms with Crippen LogP contribution in [0.3, 0.4) is 0 Å². The Morgan fingerprint density at radius 3 is 2.59 bits per heavy atom. The molecule has 3 aliphatic rings. The molecule has 0 spiro atoms. The van der Waals surface area contributed by atoms with Crippen LogP contribution < -0.4 is 5.32 Å². The summed E-state index contributed by atoms with van der Waals surface area (Å²) >= 11 is 0. The number of non-ortho nitro benzene ring substituents is 1. The van der Waals surface area contributed by atoms with Gasteiger partial charge in [0, 0.05) is 42.4 Å². The maximum atomic E-state index is 12.8. The van der Waals surface area contributed by atoms with Gasteiger partial charge < -0.3 is 10.2 Å². The number of likely N-dealkylation sites (tertiary alicyclic amines) is 1. The summed E-state index contributed by atoms with van der Waals surface area (Å²) in [4.78, 5) is 25.4. The van der Waals surface area contributed by atoms with Crippen molar-refractivity contribution in [2.75, 3.05) is 18.4 Å². The van der Waals surface area contributed by atoms with Gasteiger partial charge in [-0.25, -0.2) is 0 Å². The van der Waals surface area contributed by atoms with Gasteiger partial charge in [0.05, 0.1) is 11.0 Å². The van der Waals surface area contributed by atoms with Crippen LogP contribution in [0.15, 0.2) is 54.6 Å². The van der Waals surface area contributed by atoms with Crippen molar-refractivity contribution in [2.45, 2.75) is 31.2 Å². The molecule has 2 aliphatic heterocycles. The number of nitrogens with one attached hydrogen (secondary N) is 1. The van der Waals surface area contributed by atoms with E-state index in [4.69, 9.17) is 0 Å². The molecule has 148 valence electrons. The lowest BCUT2D eigenvalue weighted by molar-refractivity contribution is -0.384. The largest absolute Gasteiger partial charge is 0.378 e. The molecule has 1 N–H and O–H groups in total. The molecule has 1 fully saturated rings. The predicted molar refractivity (Wildman–Crippen MR) is 111 cm³/mol. The second-order valence-corrected chi connectivity index (χ2v) is 8.13. The van der Waals surface area contributed by atoms with Crippen LogP contribution in [0.4, 0.5) is 11.4 Å². The molecule has 6 nitrogen and oxygen atoms in total. The van der Waals surface area contributed by atoms with E-state index < -0.39 is 0 Å². The Morgan fingerprint density at radius 2 is 1.86 bits per heavy atom. The van der Waals surface area contributed by atoms with Crippen molar-refractivity contribution >= 4 is 17.3 Å². The number of hydrogen-bond acceptors (Lipinski definition) is 4. The minimum Gasteiger partial charge on any atom is -0.378 e. The quantitative estimate of drug-likeness (QED) is 0.471. The van der Waals surface area contributed by atoms with Crippen molar-refractivity contribution in [2.24, 2.45) is 5.92 Å². The molecule has 1 aliphatic carbocycles. The predicted octanol–water partition coefficient (Wildman–Crippen LogP) is 4.66. The monoisotopic (exact) mass is 389 g/mol. The Balaban J connectivity index is 1.46. The van der Waals surface area contributed by atoms with Crippen LogP contribution in [0.5, 0.6) is 0 Å². The first-order chi connectivity index (χ1) is 14.1. The molecule has 1 saturated heterocycles. The molecule has 2 aromatic carbocycles. The van der Waals surface area contributed by atoms with Crippen molar-refractivity contribution in [3.63, 3.8) is 0 Å². The van der Waals surface area contributed by atoms with E-state index in [-0.39, 0.29) is 28.5 Å². The van der Waals surface area contributed by atoms with E-state index in [1.165, 1.54) is 5.56 Å². The fraction of sp³-hybridized carbons (Fsp3) is 0.348. The van der Waals surface area contributed by atoms with Crippen molar-refractivity contribution in [1.82, 2.24) is 4.90 Å². The third-order valence-corrected chi connectivity index (χ3v) is 6.47. The highest BCUT2D eigenvalue weighted by Gasteiger charge is 2.38. The van der Waals surface area contributed by atoms with Crippen LogP contribution in [0.25, 0.3) is 0 Å². The molecule has 0 radical (unpaired) electrons. The zero-order valence-electron chi connectivity index (χ0n) is 16.1. The first-order valence-electron chi connectivity index (χ1n) is 10.2. The van der Waals surface area contributed by atoms with Crippen molar-refractivity contribution in [1.29, 1.82) is 0 Å². The highest BCUT2D eigenvalue weighted by Crippen LogP contribution is 2.50. The van der Waals surface area contributed by atoms with E-state index in [1.54, 1.807) is 12.1 Å². The number of benzene rings is 2. The van der Waals surface area contributed by atoms with E-state index in [9.17, 15) is 14.9 Å². The van der Waals surface area contributed by atoms with Gasteiger partial charge in [-0.3, -0.25) is 14.9 Å². The molecular formula is C23H23N3O3. The zero-order valence-corrected chi connectivity index (χ0v) is 16.1. The van der Waals surface area contributed by atoms with E-state index >= 15 is 0 Å². The van der Waals surface area contributed by atoms with Gasteiger partial charge >= 0.3 is 0 Å². The molecule has 5 rings (SSSR count). The Labute approximate surface area is 169 Å². The number of anilines is 1. The van der Waals surface area contributed by atoms with E-state index in [0.29, 0.717) is 5.92 Å².